The Morgan fingerprint density at radius 3 is 2.59 bits per heavy atom. The van der Waals surface area contributed by atoms with E-state index in [4.69, 9.17) is 22.7 Å². The molecule has 0 aliphatic rings. The number of thiocarbonyl (C=S) groups is 1. The van der Waals surface area contributed by atoms with Gasteiger partial charge in [-0.3, -0.25) is 0 Å². The van der Waals surface area contributed by atoms with Crippen LogP contribution in [0.2, 0.25) is 0 Å². The summed E-state index contributed by atoms with van der Waals surface area (Å²) < 4.78 is 5.70. The zero-order valence-electron chi connectivity index (χ0n) is 10.9. The van der Waals surface area contributed by atoms with Gasteiger partial charge in [-0.2, -0.15) is 0 Å². The molecule has 0 amide bonds. The summed E-state index contributed by atoms with van der Waals surface area (Å²) in [4.78, 5) is 0.577. The molecule has 0 bridgehead atoms. The van der Waals surface area contributed by atoms with Crippen LogP contribution < -0.4 is 10.5 Å². The molecule has 3 heteroatoms. The fourth-order valence-corrected chi connectivity index (χ4v) is 1.85. The zero-order chi connectivity index (χ0) is 12.8. The van der Waals surface area contributed by atoms with E-state index in [0.29, 0.717) is 4.99 Å². The molecule has 1 aromatic rings. The van der Waals surface area contributed by atoms with Gasteiger partial charge >= 0.3 is 0 Å². The van der Waals surface area contributed by atoms with Crippen LogP contribution >= 0.6 is 12.2 Å². The summed E-state index contributed by atoms with van der Waals surface area (Å²) >= 11 is 4.91. The molecule has 1 rings (SSSR count). The van der Waals surface area contributed by atoms with E-state index >= 15 is 0 Å². The molecule has 0 aromatic heterocycles. The minimum atomic E-state index is 0.577. The van der Waals surface area contributed by atoms with E-state index in [1.807, 2.05) is 6.07 Å². The second kappa shape index (κ2) is 6.60. The van der Waals surface area contributed by atoms with Crippen molar-refractivity contribution in [2.24, 2.45) is 5.73 Å². The SMILES string of the molecule is CCCOc1ccc(CCC(N)=S)c(C)c1C. The maximum absolute atomic E-state index is 5.70. The van der Waals surface area contributed by atoms with Gasteiger partial charge in [0, 0.05) is 6.42 Å². The van der Waals surface area contributed by atoms with Gasteiger partial charge in [0.2, 0.25) is 0 Å². The molecule has 94 valence electrons. The van der Waals surface area contributed by atoms with Gasteiger partial charge in [-0.25, -0.2) is 0 Å². The average molecular weight is 251 g/mol. The molecule has 0 radical (unpaired) electrons. The third-order valence-electron chi connectivity index (χ3n) is 2.95. The Morgan fingerprint density at radius 2 is 2.00 bits per heavy atom. The predicted octanol–water partition coefficient (Wildman–Crippen LogP) is 3.31. The molecule has 1 aromatic carbocycles. The summed E-state index contributed by atoms with van der Waals surface area (Å²) in [6, 6.07) is 4.17. The Kier molecular flexibility index (Phi) is 5.42. The second-order valence-corrected chi connectivity index (χ2v) is 4.81. The highest BCUT2D eigenvalue weighted by Gasteiger charge is 2.07. The number of hydrogen-bond donors (Lipinski definition) is 1. The normalized spacial score (nSPS) is 10.3. The van der Waals surface area contributed by atoms with Gasteiger partial charge < -0.3 is 10.5 Å². The molecule has 2 nitrogen and oxygen atoms in total. The number of ether oxygens (including phenoxy) is 1. The minimum Gasteiger partial charge on any atom is -0.493 e. The number of rotatable bonds is 6. The summed E-state index contributed by atoms with van der Waals surface area (Å²) in [5.41, 5.74) is 9.34. The lowest BCUT2D eigenvalue weighted by Crippen LogP contribution is -2.09. The van der Waals surface area contributed by atoms with Crippen LogP contribution in [0.4, 0.5) is 0 Å². The molecule has 0 unspecified atom stereocenters. The van der Waals surface area contributed by atoms with Crippen molar-refractivity contribution >= 4 is 17.2 Å². The quantitative estimate of drug-likeness (QED) is 0.788. The maximum atomic E-state index is 5.70. The molecule has 0 atom stereocenters. The lowest BCUT2D eigenvalue weighted by molar-refractivity contribution is 0.315. The fourth-order valence-electron chi connectivity index (χ4n) is 1.75. The van der Waals surface area contributed by atoms with Crippen LogP contribution in [0.5, 0.6) is 5.75 Å². The average Bonchev–Trinajstić information content (AvgIpc) is 2.29. The summed E-state index contributed by atoms with van der Waals surface area (Å²) in [6.45, 7) is 7.11. The van der Waals surface area contributed by atoms with Crippen molar-refractivity contribution in [3.8, 4) is 5.75 Å². The van der Waals surface area contributed by atoms with Crippen molar-refractivity contribution in [1.29, 1.82) is 0 Å². The maximum Gasteiger partial charge on any atom is 0.122 e. The van der Waals surface area contributed by atoms with Gasteiger partial charge in [0.1, 0.15) is 5.75 Å². The molecular formula is C14H21NOS. The minimum absolute atomic E-state index is 0.577. The fraction of sp³-hybridized carbons (Fsp3) is 0.500. The summed E-state index contributed by atoms with van der Waals surface area (Å²) in [5, 5.41) is 0. The van der Waals surface area contributed by atoms with Gasteiger partial charge in [-0.1, -0.05) is 25.2 Å². The van der Waals surface area contributed by atoms with E-state index in [-0.39, 0.29) is 0 Å². The van der Waals surface area contributed by atoms with Crippen LogP contribution in [0, 0.1) is 13.8 Å². The summed E-state index contributed by atoms with van der Waals surface area (Å²) in [7, 11) is 0. The van der Waals surface area contributed by atoms with Crippen molar-refractivity contribution in [3.63, 3.8) is 0 Å². The number of aryl methyl sites for hydroxylation is 1. The van der Waals surface area contributed by atoms with Crippen LogP contribution in [0.3, 0.4) is 0 Å². The predicted molar refractivity (Wildman–Crippen MR) is 76.8 cm³/mol. The van der Waals surface area contributed by atoms with Crippen LogP contribution in [-0.2, 0) is 6.42 Å². The Morgan fingerprint density at radius 1 is 1.29 bits per heavy atom. The second-order valence-electron chi connectivity index (χ2n) is 4.29. The molecule has 0 heterocycles. The van der Waals surface area contributed by atoms with Gasteiger partial charge in [0.25, 0.3) is 0 Å². The molecule has 0 fully saturated rings. The highest BCUT2D eigenvalue weighted by atomic mass is 32.1. The topological polar surface area (TPSA) is 35.2 Å². The Labute approximate surface area is 109 Å². The van der Waals surface area contributed by atoms with Crippen molar-refractivity contribution < 1.29 is 4.74 Å². The van der Waals surface area contributed by atoms with Gasteiger partial charge in [0.05, 0.1) is 11.6 Å². The van der Waals surface area contributed by atoms with Crippen molar-refractivity contribution in [2.75, 3.05) is 6.61 Å². The molecule has 0 aliphatic heterocycles. The van der Waals surface area contributed by atoms with Crippen LogP contribution in [0.1, 0.15) is 36.5 Å². The molecule has 17 heavy (non-hydrogen) atoms. The number of benzene rings is 1. The van der Waals surface area contributed by atoms with E-state index in [1.54, 1.807) is 0 Å². The Hall–Kier alpha value is -1.09. The van der Waals surface area contributed by atoms with Crippen LogP contribution in [0.25, 0.3) is 0 Å². The van der Waals surface area contributed by atoms with E-state index in [1.165, 1.54) is 16.7 Å². The summed E-state index contributed by atoms with van der Waals surface area (Å²) in [5.74, 6) is 0.989. The smallest absolute Gasteiger partial charge is 0.122 e. The van der Waals surface area contributed by atoms with E-state index in [2.05, 4.69) is 26.8 Å². The van der Waals surface area contributed by atoms with Crippen molar-refractivity contribution in [3.05, 3.63) is 28.8 Å². The highest BCUT2D eigenvalue weighted by Crippen LogP contribution is 2.25. The molecule has 0 aliphatic carbocycles. The van der Waals surface area contributed by atoms with E-state index < -0.39 is 0 Å². The number of nitrogens with two attached hydrogens (primary N) is 1. The van der Waals surface area contributed by atoms with Crippen LogP contribution in [-0.4, -0.2) is 11.6 Å². The Balaban J connectivity index is 2.82. The Bertz CT molecular complexity index is 401. The standard InChI is InChI=1S/C14H21NOS/c1-4-9-16-13-7-5-12(6-8-14(15)17)10(2)11(13)3/h5,7H,4,6,8-9H2,1-3H3,(H2,15,17). The monoisotopic (exact) mass is 251 g/mol. The van der Waals surface area contributed by atoms with E-state index in [0.717, 1.165) is 31.6 Å². The molecule has 0 spiro atoms. The third kappa shape index (κ3) is 4.00. The van der Waals surface area contributed by atoms with Gasteiger partial charge in [0.15, 0.2) is 0 Å². The number of hydrogen-bond acceptors (Lipinski definition) is 2. The van der Waals surface area contributed by atoms with Gasteiger partial charge in [-0.15, -0.1) is 0 Å². The molecule has 0 saturated carbocycles. The van der Waals surface area contributed by atoms with Gasteiger partial charge in [-0.05, 0) is 49.4 Å². The van der Waals surface area contributed by atoms with Crippen molar-refractivity contribution in [1.82, 2.24) is 0 Å². The summed E-state index contributed by atoms with van der Waals surface area (Å²) in [6.07, 6.45) is 2.71. The van der Waals surface area contributed by atoms with E-state index in [9.17, 15) is 0 Å². The molecule has 2 N–H and O–H groups in total. The third-order valence-corrected chi connectivity index (χ3v) is 3.16. The van der Waals surface area contributed by atoms with Crippen molar-refractivity contribution in [2.45, 2.75) is 40.0 Å². The van der Waals surface area contributed by atoms with Crippen LogP contribution in [0.15, 0.2) is 12.1 Å². The highest BCUT2D eigenvalue weighted by molar-refractivity contribution is 7.80. The lowest BCUT2D eigenvalue weighted by Gasteiger charge is -2.14. The molecule has 0 saturated heterocycles. The first-order chi connectivity index (χ1) is 8.06. The first-order valence-electron chi connectivity index (χ1n) is 6.06. The largest absolute Gasteiger partial charge is 0.493 e. The first kappa shape index (κ1) is 14.0. The first-order valence-corrected chi connectivity index (χ1v) is 6.47. The molecular weight excluding hydrogens is 230 g/mol. The zero-order valence-corrected chi connectivity index (χ0v) is 11.7. The lowest BCUT2D eigenvalue weighted by atomic mass is 9.99.